The lowest BCUT2D eigenvalue weighted by Gasteiger charge is -2.19. The quantitative estimate of drug-likeness (QED) is 0.824. The van der Waals surface area contributed by atoms with Crippen molar-refractivity contribution in [1.29, 1.82) is 0 Å². The first-order valence-corrected chi connectivity index (χ1v) is 5.83. The smallest absolute Gasteiger partial charge is 0.407 e. The van der Waals surface area contributed by atoms with Crippen LogP contribution in [0.5, 0.6) is 0 Å². The van der Waals surface area contributed by atoms with Gasteiger partial charge in [-0.3, -0.25) is 0 Å². The molecule has 1 rings (SSSR count). The number of rotatable bonds is 3. The fourth-order valence-electron chi connectivity index (χ4n) is 1.22. The van der Waals surface area contributed by atoms with E-state index >= 15 is 0 Å². The minimum Gasteiger partial charge on any atom is -0.444 e. The number of ether oxygens (including phenoxy) is 1. The molecule has 0 aliphatic carbocycles. The number of anilines is 1. The number of hydrogen-bond acceptors (Lipinski definition) is 4. The molecule has 0 radical (unpaired) electrons. The maximum atomic E-state index is 12.9. The lowest BCUT2D eigenvalue weighted by molar-refractivity contribution is 0.0534. The van der Waals surface area contributed by atoms with E-state index in [1.54, 1.807) is 26.8 Å². The van der Waals surface area contributed by atoms with Gasteiger partial charge < -0.3 is 15.8 Å². The lowest BCUT2D eigenvalue weighted by Crippen LogP contribution is -2.32. The molecule has 1 amide bonds. The molecule has 1 aromatic rings. The Morgan fingerprint density at radius 2 is 2.21 bits per heavy atom. The van der Waals surface area contributed by atoms with Gasteiger partial charge in [0.1, 0.15) is 5.60 Å². The predicted molar refractivity (Wildman–Crippen MR) is 71.9 cm³/mol. The Morgan fingerprint density at radius 1 is 1.53 bits per heavy atom. The van der Waals surface area contributed by atoms with Crippen molar-refractivity contribution < 1.29 is 13.9 Å². The van der Waals surface area contributed by atoms with Crippen LogP contribution in [0, 0.1) is 5.95 Å². The third-order valence-electron chi connectivity index (χ3n) is 1.96. The van der Waals surface area contributed by atoms with E-state index in [1.165, 1.54) is 18.2 Å². The van der Waals surface area contributed by atoms with E-state index < -0.39 is 17.6 Å². The van der Waals surface area contributed by atoms with Crippen LogP contribution in [0.3, 0.4) is 0 Å². The van der Waals surface area contributed by atoms with E-state index in [4.69, 9.17) is 10.5 Å². The molecule has 0 atom stereocenters. The van der Waals surface area contributed by atoms with Gasteiger partial charge in [-0.2, -0.15) is 4.39 Å². The van der Waals surface area contributed by atoms with Crippen molar-refractivity contribution >= 4 is 17.9 Å². The van der Waals surface area contributed by atoms with Crippen LogP contribution >= 0.6 is 0 Å². The molecule has 0 spiro atoms. The number of carbonyl (C=O) groups excluding carboxylic acids is 1. The van der Waals surface area contributed by atoms with Crippen molar-refractivity contribution in [3.05, 3.63) is 29.9 Å². The first kappa shape index (κ1) is 14.9. The van der Waals surface area contributed by atoms with Crippen LogP contribution in [-0.2, 0) is 4.74 Å². The summed E-state index contributed by atoms with van der Waals surface area (Å²) in [5.41, 5.74) is 5.78. The van der Waals surface area contributed by atoms with Gasteiger partial charge in [0.2, 0.25) is 5.95 Å². The average Bonchev–Trinajstić information content (AvgIpc) is 2.26. The summed E-state index contributed by atoms with van der Waals surface area (Å²) >= 11 is 0. The molecule has 0 saturated carbocycles. The molecule has 0 bridgehead atoms. The fraction of sp³-hybridized carbons (Fsp3) is 0.385. The van der Waals surface area contributed by atoms with Gasteiger partial charge in [0.15, 0.2) is 0 Å². The molecular weight excluding hydrogens is 249 g/mol. The van der Waals surface area contributed by atoms with Gasteiger partial charge in [-0.25, -0.2) is 9.78 Å². The number of nitrogens with one attached hydrogen (secondary N) is 1. The minimum atomic E-state index is -0.603. The summed E-state index contributed by atoms with van der Waals surface area (Å²) < 4.78 is 17.9. The number of hydrogen-bond donors (Lipinski definition) is 2. The van der Waals surface area contributed by atoms with Crippen molar-refractivity contribution in [1.82, 2.24) is 10.3 Å². The Bertz CT molecular complexity index is 481. The fourth-order valence-corrected chi connectivity index (χ4v) is 1.22. The first-order chi connectivity index (χ1) is 8.78. The summed E-state index contributed by atoms with van der Waals surface area (Å²) in [7, 11) is 0. The molecule has 1 aromatic heterocycles. The van der Waals surface area contributed by atoms with Crippen molar-refractivity contribution in [3.63, 3.8) is 0 Å². The molecule has 3 N–H and O–H groups in total. The molecule has 6 heteroatoms. The van der Waals surface area contributed by atoms with Crippen molar-refractivity contribution in [2.24, 2.45) is 0 Å². The maximum absolute atomic E-state index is 12.9. The Kier molecular flexibility index (Phi) is 4.86. The number of nitrogens with zero attached hydrogens (tertiary/aromatic N) is 1. The first-order valence-electron chi connectivity index (χ1n) is 5.83. The van der Waals surface area contributed by atoms with E-state index in [0.717, 1.165) is 0 Å². The summed E-state index contributed by atoms with van der Waals surface area (Å²) in [6.07, 6.45) is 2.63. The second-order valence-corrected chi connectivity index (χ2v) is 4.89. The van der Waals surface area contributed by atoms with Gasteiger partial charge in [0.25, 0.3) is 0 Å². The highest BCUT2D eigenvalue weighted by Crippen LogP contribution is 2.10. The number of alkyl carbamates (subject to hydrolysis) is 1. The summed E-state index contributed by atoms with van der Waals surface area (Å²) in [5.74, 6) is -0.603. The average molecular weight is 267 g/mol. The van der Waals surface area contributed by atoms with Crippen LogP contribution in [-0.4, -0.2) is 23.2 Å². The van der Waals surface area contributed by atoms with Crippen LogP contribution in [0.1, 0.15) is 26.5 Å². The molecule has 5 nitrogen and oxygen atoms in total. The standard InChI is InChI=1S/C13H18FN3O2/c1-13(2,3)19-12(18)16-8-4-5-10-9(15)6-7-11(14)17-10/h4-7H,8,15H2,1-3H3,(H,16,18). The summed E-state index contributed by atoms with van der Waals surface area (Å²) in [6, 6.07) is 2.62. The third kappa shape index (κ3) is 5.85. The van der Waals surface area contributed by atoms with Crippen LogP contribution in [0.2, 0.25) is 0 Å². The minimum absolute atomic E-state index is 0.243. The molecule has 0 saturated heterocycles. The van der Waals surface area contributed by atoms with E-state index in [2.05, 4.69) is 10.3 Å². The Morgan fingerprint density at radius 3 is 2.84 bits per heavy atom. The summed E-state index contributed by atoms with van der Waals surface area (Å²) in [5, 5.41) is 2.53. The van der Waals surface area contributed by atoms with Gasteiger partial charge in [0, 0.05) is 6.54 Å². The van der Waals surface area contributed by atoms with E-state index in [-0.39, 0.29) is 6.54 Å². The zero-order valence-electron chi connectivity index (χ0n) is 11.2. The maximum Gasteiger partial charge on any atom is 0.407 e. The third-order valence-corrected chi connectivity index (χ3v) is 1.96. The Hall–Kier alpha value is -2.11. The molecule has 0 aromatic carbocycles. The Labute approximate surface area is 111 Å². The molecule has 19 heavy (non-hydrogen) atoms. The zero-order chi connectivity index (χ0) is 14.5. The second kappa shape index (κ2) is 6.17. The highest BCUT2D eigenvalue weighted by molar-refractivity contribution is 5.68. The highest BCUT2D eigenvalue weighted by atomic mass is 19.1. The highest BCUT2D eigenvalue weighted by Gasteiger charge is 2.14. The zero-order valence-corrected chi connectivity index (χ0v) is 11.2. The molecule has 0 aliphatic rings. The molecule has 104 valence electrons. The largest absolute Gasteiger partial charge is 0.444 e. The monoisotopic (exact) mass is 267 g/mol. The summed E-state index contributed by atoms with van der Waals surface area (Å²) in [4.78, 5) is 14.9. The van der Waals surface area contributed by atoms with Crippen molar-refractivity contribution in [2.45, 2.75) is 26.4 Å². The topological polar surface area (TPSA) is 77.2 Å². The van der Waals surface area contributed by atoms with E-state index in [0.29, 0.717) is 11.4 Å². The molecule has 0 aliphatic heterocycles. The van der Waals surface area contributed by atoms with Crippen LogP contribution in [0.4, 0.5) is 14.9 Å². The van der Waals surface area contributed by atoms with Gasteiger partial charge in [0.05, 0.1) is 11.4 Å². The number of aromatic nitrogens is 1. The van der Waals surface area contributed by atoms with Crippen LogP contribution in [0.15, 0.2) is 18.2 Å². The molecule has 0 fully saturated rings. The summed E-state index contributed by atoms with van der Waals surface area (Å²) in [6.45, 7) is 5.58. The normalized spacial score (nSPS) is 11.6. The van der Waals surface area contributed by atoms with Crippen LogP contribution in [0.25, 0.3) is 6.08 Å². The van der Waals surface area contributed by atoms with E-state index in [9.17, 15) is 9.18 Å². The number of nitrogens with two attached hydrogens (primary N) is 1. The van der Waals surface area contributed by atoms with E-state index in [1.807, 2.05) is 0 Å². The second-order valence-electron chi connectivity index (χ2n) is 4.89. The number of carbonyl (C=O) groups is 1. The van der Waals surface area contributed by atoms with Crippen LogP contribution < -0.4 is 11.1 Å². The van der Waals surface area contributed by atoms with Gasteiger partial charge >= 0.3 is 6.09 Å². The lowest BCUT2D eigenvalue weighted by atomic mass is 10.2. The van der Waals surface area contributed by atoms with Gasteiger partial charge in [-0.1, -0.05) is 6.08 Å². The number of pyridine rings is 1. The molecule has 0 unspecified atom stereocenters. The van der Waals surface area contributed by atoms with Gasteiger partial charge in [-0.05, 0) is 39.0 Å². The predicted octanol–water partition coefficient (Wildman–Crippen LogP) is 2.34. The number of nitrogen functional groups attached to an aromatic ring is 1. The number of halogens is 1. The van der Waals surface area contributed by atoms with Gasteiger partial charge in [-0.15, -0.1) is 0 Å². The van der Waals surface area contributed by atoms with Crippen molar-refractivity contribution in [2.75, 3.05) is 12.3 Å². The van der Waals surface area contributed by atoms with Crippen molar-refractivity contribution in [3.8, 4) is 0 Å². The molecule has 1 heterocycles. The molecular formula is C13H18FN3O2. The Balaban J connectivity index is 2.47. The number of amides is 1. The SMILES string of the molecule is CC(C)(C)OC(=O)NCC=Cc1nc(F)ccc1N.